The summed E-state index contributed by atoms with van der Waals surface area (Å²) in [6.07, 6.45) is 1.84. The standard InChI is InChI=1S/C21H21N5O/c1-13(2)11-23-20-21-24-12-18(14-7-9-15(10-8-14)19(22)27)26(21)17-6-4-3-5-16(17)25-20/h3-10,12-13H,11H2,1-2H3,(H2,22,27)(H,23,25). The van der Waals surface area contributed by atoms with Gasteiger partial charge in [-0.2, -0.15) is 0 Å². The number of imidazole rings is 1. The van der Waals surface area contributed by atoms with Crippen LogP contribution in [0, 0.1) is 5.92 Å². The first-order chi connectivity index (χ1) is 13.0. The Labute approximate surface area is 157 Å². The molecule has 2 aromatic heterocycles. The average molecular weight is 359 g/mol. The van der Waals surface area contributed by atoms with Gasteiger partial charge in [-0.15, -0.1) is 0 Å². The molecule has 0 spiro atoms. The number of primary amides is 1. The van der Waals surface area contributed by atoms with E-state index in [0.717, 1.165) is 40.3 Å². The Bertz CT molecular complexity index is 1130. The number of carbonyl (C=O) groups is 1. The molecule has 6 heteroatoms. The topological polar surface area (TPSA) is 85.3 Å². The first-order valence-corrected chi connectivity index (χ1v) is 8.95. The maximum Gasteiger partial charge on any atom is 0.248 e. The van der Waals surface area contributed by atoms with Gasteiger partial charge in [-0.1, -0.05) is 38.1 Å². The first-order valence-electron chi connectivity index (χ1n) is 8.95. The van der Waals surface area contributed by atoms with Crippen LogP contribution in [0.1, 0.15) is 24.2 Å². The van der Waals surface area contributed by atoms with Crippen molar-refractivity contribution in [2.24, 2.45) is 11.7 Å². The van der Waals surface area contributed by atoms with E-state index in [1.54, 1.807) is 12.1 Å². The van der Waals surface area contributed by atoms with Gasteiger partial charge in [-0.05, 0) is 30.2 Å². The minimum atomic E-state index is -0.436. The molecule has 0 radical (unpaired) electrons. The second kappa shape index (κ2) is 6.72. The van der Waals surface area contributed by atoms with Crippen LogP contribution in [0.15, 0.2) is 54.7 Å². The van der Waals surface area contributed by atoms with Crippen LogP contribution in [0.3, 0.4) is 0 Å². The Morgan fingerprint density at radius 1 is 1.15 bits per heavy atom. The van der Waals surface area contributed by atoms with Crippen molar-refractivity contribution in [2.45, 2.75) is 13.8 Å². The number of fused-ring (bicyclic) bond motifs is 3. The minimum Gasteiger partial charge on any atom is -0.367 e. The number of anilines is 1. The molecule has 4 aromatic rings. The van der Waals surface area contributed by atoms with Crippen molar-refractivity contribution in [3.8, 4) is 11.3 Å². The Morgan fingerprint density at radius 3 is 2.59 bits per heavy atom. The van der Waals surface area contributed by atoms with Crippen LogP contribution in [-0.4, -0.2) is 26.8 Å². The lowest BCUT2D eigenvalue weighted by atomic mass is 10.1. The van der Waals surface area contributed by atoms with Gasteiger partial charge in [0.15, 0.2) is 11.5 Å². The van der Waals surface area contributed by atoms with Crippen LogP contribution < -0.4 is 11.1 Å². The van der Waals surface area contributed by atoms with Gasteiger partial charge in [0.2, 0.25) is 5.91 Å². The third-order valence-corrected chi connectivity index (χ3v) is 4.47. The lowest BCUT2D eigenvalue weighted by molar-refractivity contribution is 0.100. The Kier molecular flexibility index (Phi) is 4.24. The van der Waals surface area contributed by atoms with Crippen molar-refractivity contribution >= 4 is 28.4 Å². The number of hydrogen-bond acceptors (Lipinski definition) is 4. The van der Waals surface area contributed by atoms with E-state index in [0.29, 0.717) is 11.5 Å². The van der Waals surface area contributed by atoms with Gasteiger partial charge in [-0.25, -0.2) is 9.97 Å². The second-order valence-electron chi connectivity index (χ2n) is 6.97. The number of carbonyl (C=O) groups excluding carboxylic acids is 1. The first kappa shape index (κ1) is 17.0. The number of benzene rings is 2. The number of nitrogens with two attached hydrogens (primary N) is 1. The molecule has 0 saturated carbocycles. The highest BCUT2D eigenvalue weighted by Gasteiger charge is 2.15. The summed E-state index contributed by atoms with van der Waals surface area (Å²) in [5.74, 6) is 0.825. The molecule has 2 aromatic carbocycles. The number of rotatable bonds is 5. The van der Waals surface area contributed by atoms with Gasteiger partial charge in [0.05, 0.1) is 22.9 Å². The van der Waals surface area contributed by atoms with Gasteiger partial charge in [0, 0.05) is 17.7 Å². The van der Waals surface area contributed by atoms with E-state index in [4.69, 9.17) is 10.7 Å². The second-order valence-corrected chi connectivity index (χ2v) is 6.97. The van der Waals surface area contributed by atoms with Crippen molar-refractivity contribution in [3.63, 3.8) is 0 Å². The molecule has 2 heterocycles. The van der Waals surface area contributed by atoms with Crippen molar-refractivity contribution in [2.75, 3.05) is 11.9 Å². The monoisotopic (exact) mass is 359 g/mol. The molecule has 0 saturated heterocycles. The van der Waals surface area contributed by atoms with E-state index in [2.05, 4.69) is 28.5 Å². The van der Waals surface area contributed by atoms with Crippen molar-refractivity contribution in [1.29, 1.82) is 0 Å². The summed E-state index contributed by atoms with van der Waals surface area (Å²) in [7, 11) is 0. The average Bonchev–Trinajstić information content (AvgIpc) is 3.11. The smallest absolute Gasteiger partial charge is 0.248 e. The minimum absolute atomic E-state index is 0.436. The SMILES string of the molecule is CC(C)CNc1nc2ccccc2n2c(-c3ccc(C(N)=O)cc3)cnc12. The molecule has 0 bridgehead atoms. The van der Waals surface area contributed by atoms with Crippen LogP contribution in [0.2, 0.25) is 0 Å². The maximum atomic E-state index is 11.3. The summed E-state index contributed by atoms with van der Waals surface area (Å²) in [4.78, 5) is 20.7. The van der Waals surface area contributed by atoms with Crippen LogP contribution in [-0.2, 0) is 0 Å². The number of amides is 1. The summed E-state index contributed by atoms with van der Waals surface area (Å²) < 4.78 is 2.10. The lowest BCUT2D eigenvalue weighted by Gasteiger charge is -2.12. The van der Waals surface area contributed by atoms with Gasteiger partial charge >= 0.3 is 0 Å². The summed E-state index contributed by atoms with van der Waals surface area (Å²) in [5, 5.41) is 3.41. The molecule has 0 unspecified atom stereocenters. The zero-order chi connectivity index (χ0) is 19.0. The Hall–Kier alpha value is -3.41. The summed E-state index contributed by atoms with van der Waals surface area (Å²) in [6.45, 7) is 5.13. The fourth-order valence-corrected chi connectivity index (χ4v) is 3.11. The third-order valence-electron chi connectivity index (χ3n) is 4.47. The number of nitrogens with zero attached hydrogens (tertiary/aromatic N) is 3. The fraction of sp³-hybridized carbons (Fsp3) is 0.190. The molecule has 1 amide bonds. The summed E-state index contributed by atoms with van der Waals surface area (Å²) in [5.41, 5.74) is 10.4. The van der Waals surface area contributed by atoms with E-state index < -0.39 is 5.91 Å². The molecule has 3 N–H and O–H groups in total. The Balaban J connectivity index is 1.93. The molecular weight excluding hydrogens is 338 g/mol. The van der Waals surface area contributed by atoms with E-state index in [1.807, 2.05) is 42.6 Å². The molecule has 0 fully saturated rings. The highest BCUT2D eigenvalue weighted by atomic mass is 16.1. The molecule has 0 atom stereocenters. The molecule has 0 aliphatic carbocycles. The van der Waals surface area contributed by atoms with Crippen LogP contribution >= 0.6 is 0 Å². The lowest BCUT2D eigenvalue weighted by Crippen LogP contribution is -2.11. The van der Waals surface area contributed by atoms with Crippen LogP contribution in [0.5, 0.6) is 0 Å². The number of aromatic nitrogens is 3. The molecule has 136 valence electrons. The molecule has 0 aliphatic heterocycles. The highest BCUT2D eigenvalue weighted by molar-refractivity contribution is 5.93. The number of nitrogens with one attached hydrogen (secondary N) is 1. The Morgan fingerprint density at radius 2 is 1.89 bits per heavy atom. The maximum absolute atomic E-state index is 11.3. The van der Waals surface area contributed by atoms with Crippen LogP contribution in [0.4, 0.5) is 5.82 Å². The molecule has 6 nitrogen and oxygen atoms in total. The van der Waals surface area contributed by atoms with Gasteiger partial charge in [0.25, 0.3) is 0 Å². The van der Waals surface area contributed by atoms with E-state index in [1.165, 1.54) is 0 Å². The van der Waals surface area contributed by atoms with E-state index in [-0.39, 0.29) is 0 Å². The van der Waals surface area contributed by atoms with Crippen molar-refractivity contribution in [3.05, 3.63) is 60.3 Å². The predicted molar refractivity (Wildman–Crippen MR) is 108 cm³/mol. The van der Waals surface area contributed by atoms with E-state index >= 15 is 0 Å². The highest BCUT2D eigenvalue weighted by Crippen LogP contribution is 2.28. The van der Waals surface area contributed by atoms with Crippen molar-refractivity contribution < 1.29 is 4.79 Å². The van der Waals surface area contributed by atoms with Gasteiger partial charge < -0.3 is 11.1 Å². The van der Waals surface area contributed by atoms with Crippen LogP contribution in [0.25, 0.3) is 27.9 Å². The molecular formula is C21H21N5O. The summed E-state index contributed by atoms with van der Waals surface area (Å²) in [6, 6.07) is 15.2. The molecule has 27 heavy (non-hydrogen) atoms. The zero-order valence-corrected chi connectivity index (χ0v) is 15.3. The molecule has 4 rings (SSSR count). The van der Waals surface area contributed by atoms with E-state index in [9.17, 15) is 4.79 Å². The zero-order valence-electron chi connectivity index (χ0n) is 15.3. The number of para-hydroxylation sites is 2. The molecule has 0 aliphatic rings. The third kappa shape index (κ3) is 3.10. The summed E-state index contributed by atoms with van der Waals surface area (Å²) >= 11 is 0. The van der Waals surface area contributed by atoms with Gasteiger partial charge in [0.1, 0.15) is 0 Å². The fourth-order valence-electron chi connectivity index (χ4n) is 3.11. The quantitative estimate of drug-likeness (QED) is 0.569. The largest absolute Gasteiger partial charge is 0.367 e. The normalized spacial score (nSPS) is 11.4. The van der Waals surface area contributed by atoms with Crippen molar-refractivity contribution in [1.82, 2.24) is 14.4 Å². The predicted octanol–water partition coefficient (Wildman–Crippen LogP) is 3.72. The number of hydrogen-bond donors (Lipinski definition) is 2. The van der Waals surface area contributed by atoms with Gasteiger partial charge in [-0.3, -0.25) is 9.20 Å².